The quantitative estimate of drug-likeness (QED) is 0.525. The van der Waals surface area contributed by atoms with E-state index in [0.717, 1.165) is 20.0 Å². The summed E-state index contributed by atoms with van der Waals surface area (Å²) in [7, 11) is 1.92. The van der Waals surface area contributed by atoms with Crippen LogP contribution in [0.3, 0.4) is 0 Å². The molecule has 2 N–H and O–H groups in total. The number of aromatic nitrogens is 1. The van der Waals surface area contributed by atoms with Gasteiger partial charge >= 0.3 is 0 Å². The highest BCUT2D eigenvalue weighted by Gasteiger charge is 2.04. The fourth-order valence-electron chi connectivity index (χ4n) is 1.24. The third-order valence-electron chi connectivity index (χ3n) is 1.90. The van der Waals surface area contributed by atoms with Gasteiger partial charge in [0.2, 0.25) is 4.80 Å². The number of hydrogen-bond acceptors (Lipinski definition) is 3. The van der Waals surface area contributed by atoms with Crippen molar-refractivity contribution in [1.29, 1.82) is 0 Å². The average Bonchev–Trinajstić information content (AvgIpc) is 2.45. The van der Waals surface area contributed by atoms with Gasteiger partial charge in [0.15, 0.2) is 0 Å². The summed E-state index contributed by atoms with van der Waals surface area (Å²) >= 11 is 7.50. The maximum Gasteiger partial charge on any atom is 0.208 e. The third-order valence-corrected chi connectivity index (χ3v) is 3.52. The lowest BCUT2D eigenvalue weighted by Crippen LogP contribution is -2.11. The van der Waals surface area contributed by atoms with Crippen LogP contribution in [0.4, 0.5) is 0 Å². The van der Waals surface area contributed by atoms with Crippen LogP contribution in [0.15, 0.2) is 23.3 Å². The maximum absolute atomic E-state index is 6.01. The number of aryl methyl sites for hydroxylation is 1. The number of hydrogen-bond donors (Lipinski definition) is 1. The molecule has 1 heterocycles. The van der Waals surface area contributed by atoms with E-state index in [-0.39, 0.29) is 0 Å². The summed E-state index contributed by atoms with van der Waals surface area (Å²) in [6.45, 7) is 0. The number of rotatable bonds is 0. The normalized spacial score (nSPS) is 12.6. The van der Waals surface area contributed by atoms with Crippen LogP contribution < -0.4 is 10.6 Å². The molecule has 0 bridgehead atoms. The molecule has 0 radical (unpaired) electrons. The summed E-state index contributed by atoms with van der Waals surface area (Å²) < 4.78 is 2.95. The van der Waals surface area contributed by atoms with E-state index in [2.05, 4.69) is 5.10 Å². The Morgan fingerprint density at radius 3 is 2.92 bits per heavy atom. The number of halogens is 1. The van der Waals surface area contributed by atoms with Crippen LogP contribution in [-0.4, -0.2) is 4.57 Å². The van der Waals surface area contributed by atoms with Crippen LogP contribution in [-0.2, 0) is 7.05 Å². The molecule has 0 saturated carbocycles. The van der Waals surface area contributed by atoms with E-state index in [4.69, 9.17) is 17.4 Å². The summed E-state index contributed by atoms with van der Waals surface area (Å²) in [5.74, 6) is 5.24. The largest absolute Gasteiger partial charge is 0.320 e. The van der Waals surface area contributed by atoms with Gasteiger partial charge in [0.1, 0.15) is 0 Å². The first kappa shape index (κ1) is 8.59. The van der Waals surface area contributed by atoms with Gasteiger partial charge in [-0.3, -0.25) is 0 Å². The van der Waals surface area contributed by atoms with Gasteiger partial charge in [0.25, 0.3) is 0 Å². The number of benzene rings is 1. The molecule has 2 aromatic rings. The average molecular weight is 214 g/mol. The van der Waals surface area contributed by atoms with Crippen LogP contribution in [0.2, 0.25) is 5.02 Å². The van der Waals surface area contributed by atoms with Gasteiger partial charge < -0.3 is 10.4 Å². The van der Waals surface area contributed by atoms with E-state index in [1.54, 1.807) is 0 Å². The van der Waals surface area contributed by atoms with E-state index in [9.17, 15) is 0 Å². The van der Waals surface area contributed by atoms with E-state index >= 15 is 0 Å². The Labute approximate surface area is 84.1 Å². The Balaban J connectivity index is 3.00. The molecule has 3 nitrogen and oxygen atoms in total. The molecule has 0 fully saturated rings. The lowest BCUT2D eigenvalue weighted by molar-refractivity contribution is 0.888. The molecule has 13 heavy (non-hydrogen) atoms. The molecule has 0 aliphatic heterocycles. The predicted molar refractivity (Wildman–Crippen MR) is 55.6 cm³/mol. The van der Waals surface area contributed by atoms with Gasteiger partial charge in [-0.2, -0.15) is 5.10 Å². The second-order valence-electron chi connectivity index (χ2n) is 2.66. The smallest absolute Gasteiger partial charge is 0.208 e. The molecule has 1 aromatic heterocycles. The molecule has 2 rings (SSSR count). The van der Waals surface area contributed by atoms with E-state index in [1.807, 2.05) is 29.8 Å². The van der Waals surface area contributed by atoms with Crippen molar-refractivity contribution >= 4 is 33.2 Å². The SMILES string of the molecule is Cn1c(=NN)sc2c(Cl)cccc21. The van der Waals surface area contributed by atoms with Crippen LogP contribution in [0.5, 0.6) is 0 Å². The molecular formula is C8H8ClN3S. The van der Waals surface area contributed by atoms with Gasteiger partial charge in [-0.1, -0.05) is 29.0 Å². The Bertz CT molecular complexity index is 512. The molecular weight excluding hydrogens is 206 g/mol. The lowest BCUT2D eigenvalue weighted by Gasteiger charge is -1.94. The molecule has 68 valence electrons. The molecule has 5 heteroatoms. The molecule has 1 aromatic carbocycles. The molecule has 0 amide bonds. The molecule has 0 saturated heterocycles. The van der Waals surface area contributed by atoms with Gasteiger partial charge in [0.05, 0.1) is 15.2 Å². The van der Waals surface area contributed by atoms with Crippen molar-refractivity contribution in [3.8, 4) is 0 Å². The minimum atomic E-state index is 0.744. The third kappa shape index (κ3) is 1.22. The van der Waals surface area contributed by atoms with Crippen LogP contribution in [0.25, 0.3) is 10.2 Å². The monoisotopic (exact) mass is 213 g/mol. The molecule has 0 atom stereocenters. The highest BCUT2D eigenvalue weighted by Crippen LogP contribution is 2.24. The zero-order valence-corrected chi connectivity index (χ0v) is 8.56. The minimum absolute atomic E-state index is 0.744. The van der Waals surface area contributed by atoms with Crippen LogP contribution in [0, 0.1) is 0 Å². The van der Waals surface area contributed by atoms with Crippen molar-refractivity contribution < 1.29 is 0 Å². The molecule has 0 aliphatic rings. The predicted octanol–water partition coefficient (Wildman–Crippen LogP) is 1.67. The second-order valence-corrected chi connectivity index (χ2v) is 4.05. The fourth-order valence-corrected chi connectivity index (χ4v) is 2.47. The van der Waals surface area contributed by atoms with Crippen molar-refractivity contribution in [2.24, 2.45) is 18.0 Å². The van der Waals surface area contributed by atoms with Gasteiger partial charge in [-0.15, -0.1) is 0 Å². The topological polar surface area (TPSA) is 43.3 Å². The van der Waals surface area contributed by atoms with Crippen molar-refractivity contribution in [1.82, 2.24) is 4.57 Å². The van der Waals surface area contributed by atoms with Crippen molar-refractivity contribution in [2.75, 3.05) is 0 Å². The van der Waals surface area contributed by atoms with Crippen LogP contribution >= 0.6 is 22.9 Å². The first-order valence-electron chi connectivity index (χ1n) is 3.72. The Morgan fingerprint density at radius 2 is 2.31 bits per heavy atom. The Morgan fingerprint density at radius 1 is 1.54 bits per heavy atom. The molecule has 0 spiro atoms. The fraction of sp³-hybridized carbons (Fsp3) is 0.125. The van der Waals surface area contributed by atoms with E-state index < -0.39 is 0 Å². The minimum Gasteiger partial charge on any atom is -0.320 e. The number of fused-ring (bicyclic) bond motifs is 1. The van der Waals surface area contributed by atoms with Gasteiger partial charge in [-0.05, 0) is 12.1 Å². The highest BCUT2D eigenvalue weighted by molar-refractivity contribution is 7.17. The van der Waals surface area contributed by atoms with Gasteiger partial charge in [0, 0.05) is 7.05 Å². The highest BCUT2D eigenvalue weighted by atomic mass is 35.5. The summed E-state index contributed by atoms with van der Waals surface area (Å²) in [5, 5.41) is 4.41. The number of thiazole rings is 1. The Kier molecular flexibility index (Phi) is 2.01. The Hall–Kier alpha value is -1.00. The van der Waals surface area contributed by atoms with Crippen molar-refractivity contribution in [2.45, 2.75) is 0 Å². The number of nitrogens with two attached hydrogens (primary N) is 1. The lowest BCUT2D eigenvalue weighted by atomic mass is 10.3. The van der Waals surface area contributed by atoms with Crippen molar-refractivity contribution in [3.05, 3.63) is 28.0 Å². The zero-order valence-electron chi connectivity index (χ0n) is 6.99. The van der Waals surface area contributed by atoms with Gasteiger partial charge in [-0.25, -0.2) is 0 Å². The maximum atomic E-state index is 6.01. The van der Waals surface area contributed by atoms with Crippen molar-refractivity contribution in [3.63, 3.8) is 0 Å². The molecule has 0 unspecified atom stereocenters. The van der Waals surface area contributed by atoms with E-state index in [1.165, 1.54) is 11.3 Å². The second kappa shape index (κ2) is 3.05. The standard InChI is InChI=1S/C8H8ClN3S/c1-12-6-4-2-3-5(9)7(6)13-8(12)11-10/h2-4H,10H2,1H3. The summed E-state index contributed by atoms with van der Waals surface area (Å²) in [5.41, 5.74) is 1.06. The van der Waals surface area contributed by atoms with E-state index in [0.29, 0.717) is 0 Å². The first-order chi connectivity index (χ1) is 6.24. The zero-order chi connectivity index (χ0) is 9.42. The summed E-state index contributed by atoms with van der Waals surface area (Å²) in [6.07, 6.45) is 0. The first-order valence-corrected chi connectivity index (χ1v) is 4.91. The summed E-state index contributed by atoms with van der Waals surface area (Å²) in [4.78, 5) is 0.767. The van der Waals surface area contributed by atoms with Crippen LogP contribution in [0.1, 0.15) is 0 Å². The molecule has 0 aliphatic carbocycles. The number of nitrogens with zero attached hydrogens (tertiary/aromatic N) is 2. The summed E-state index contributed by atoms with van der Waals surface area (Å²) in [6, 6.07) is 5.77.